The average molecular weight is 461 g/mol. The number of benzene rings is 2. The van der Waals surface area contributed by atoms with Crippen molar-refractivity contribution in [2.24, 2.45) is 0 Å². The average Bonchev–Trinajstić information content (AvgIpc) is 2.74. The maximum atomic E-state index is 13.0. The number of hydrogen-bond acceptors (Lipinski definition) is 2. The molecule has 0 aromatic heterocycles. The first-order valence-electron chi connectivity index (χ1n) is 11.3. The van der Waals surface area contributed by atoms with Crippen molar-refractivity contribution in [3.05, 3.63) is 70.0 Å². The van der Waals surface area contributed by atoms with E-state index in [1.807, 2.05) is 45.9 Å². The van der Waals surface area contributed by atoms with Gasteiger partial charge in [-0.25, -0.2) is 9.18 Å². The van der Waals surface area contributed by atoms with Crippen molar-refractivity contribution in [1.29, 1.82) is 0 Å². The van der Waals surface area contributed by atoms with Gasteiger partial charge in [0, 0.05) is 26.1 Å². The molecule has 1 fully saturated rings. The zero-order chi connectivity index (χ0) is 24.7. The van der Waals surface area contributed by atoms with Crippen LogP contribution < -0.4 is 0 Å². The third-order valence-corrected chi connectivity index (χ3v) is 6.02. The lowest BCUT2D eigenvalue weighted by molar-refractivity contribution is -0.144. The third-order valence-electron chi connectivity index (χ3n) is 6.02. The normalized spacial score (nSPS) is 16.5. The fourth-order valence-electron chi connectivity index (χ4n) is 4.48. The molecular formula is C26H34F2N2O3. The molecule has 1 N–H and O–H groups in total. The summed E-state index contributed by atoms with van der Waals surface area (Å²) < 4.78 is 25.9. The topological polar surface area (TPSA) is 60.9 Å². The maximum Gasteiger partial charge on any atom is 0.407 e. The van der Waals surface area contributed by atoms with E-state index in [2.05, 4.69) is 0 Å². The first-order chi connectivity index (χ1) is 15.5. The molecule has 5 nitrogen and oxygen atoms in total. The molecule has 7 heteroatoms. The van der Waals surface area contributed by atoms with Gasteiger partial charge in [0.2, 0.25) is 0 Å². The van der Waals surface area contributed by atoms with Gasteiger partial charge in [-0.15, -0.1) is 0 Å². The monoisotopic (exact) mass is 460 g/mol. The maximum absolute atomic E-state index is 13.0. The van der Waals surface area contributed by atoms with Gasteiger partial charge in [0.25, 0.3) is 5.91 Å². The van der Waals surface area contributed by atoms with E-state index in [1.165, 1.54) is 17.0 Å². The summed E-state index contributed by atoms with van der Waals surface area (Å²) in [5, 5.41) is 9.15. The number of hydrogen-bond donors (Lipinski definition) is 1. The molecule has 1 aliphatic heterocycles. The van der Waals surface area contributed by atoms with Gasteiger partial charge >= 0.3 is 6.09 Å². The lowest BCUT2D eigenvalue weighted by Gasteiger charge is -2.31. The smallest absolute Gasteiger partial charge is 0.407 e. The first-order valence-corrected chi connectivity index (χ1v) is 11.3. The lowest BCUT2D eigenvalue weighted by Crippen LogP contribution is -2.38. The van der Waals surface area contributed by atoms with Crippen LogP contribution in [0.25, 0.3) is 0 Å². The number of nitrogens with zero attached hydrogens (tertiary/aromatic N) is 2. The molecule has 2 aromatic carbocycles. The van der Waals surface area contributed by atoms with Crippen LogP contribution in [0.1, 0.15) is 65.8 Å². The van der Waals surface area contributed by atoms with E-state index in [0.29, 0.717) is 19.5 Å². The molecule has 0 saturated carbocycles. The van der Waals surface area contributed by atoms with E-state index in [-0.39, 0.29) is 22.8 Å². The summed E-state index contributed by atoms with van der Waals surface area (Å²) in [6, 6.07) is 10.7. The Balaban J connectivity index is 0.000000234. The molecule has 3 rings (SSSR count). The van der Waals surface area contributed by atoms with Gasteiger partial charge < -0.3 is 10.0 Å². The molecule has 1 heterocycles. The third kappa shape index (κ3) is 7.27. The van der Waals surface area contributed by atoms with E-state index in [4.69, 9.17) is 5.11 Å². The Kier molecular flexibility index (Phi) is 9.38. The van der Waals surface area contributed by atoms with E-state index in [0.717, 1.165) is 47.7 Å². The summed E-state index contributed by atoms with van der Waals surface area (Å²) in [7, 11) is 1.15. The summed E-state index contributed by atoms with van der Waals surface area (Å²) in [6.07, 6.45) is 1.58. The highest BCUT2D eigenvalue weighted by Crippen LogP contribution is 2.29. The number of carbonyl (C=O) groups is 2. The highest BCUT2D eigenvalue weighted by atomic mass is 19.2. The van der Waals surface area contributed by atoms with E-state index >= 15 is 0 Å². The number of piperidine rings is 1. The second-order valence-corrected chi connectivity index (χ2v) is 8.77. The summed E-state index contributed by atoms with van der Waals surface area (Å²) in [5.74, 6) is -0.904. The van der Waals surface area contributed by atoms with Gasteiger partial charge in [-0.05, 0) is 68.9 Å². The second kappa shape index (κ2) is 11.8. The SMILES string of the molecule is CC[C@@H](C(=O)N(C)F)c1cc(C)cc(C)c1.Cc1cc(F)ccc1[C@@H]1CCCN(C(=O)O)C1. The van der Waals surface area contributed by atoms with Crippen LogP contribution in [0.3, 0.4) is 0 Å². The number of rotatable bonds is 4. The molecule has 0 spiro atoms. The Morgan fingerprint density at radius 2 is 1.79 bits per heavy atom. The Morgan fingerprint density at radius 3 is 2.30 bits per heavy atom. The van der Waals surface area contributed by atoms with Gasteiger partial charge in [-0.1, -0.05) is 46.8 Å². The quantitative estimate of drug-likeness (QED) is 0.558. The second-order valence-electron chi connectivity index (χ2n) is 8.77. The van der Waals surface area contributed by atoms with Crippen molar-refractivity contribution in [3.63, 3.8) is 0 Å². The molecule has 0 aliphatic carbocycles. The van der Waals surface area contributed by atoms with Crippen LogP contribution in [0.2, 0.25) is 0 Å². The standard InChI is InChI=1S/C13H16FNO2.C13H18FNO/c1-9-7-11(14)4-5-12(9)10-3-2-6-15(8-10)13(16)17;1-5-12(13(16)15(4)14)11-7-9(2)6-10(3)8-11/h4-5,7,10H,2-3,6,8H2,1H3,(H,16,17);6-8,12H,5H2,1-4H3/t10-;12-/m11/s1. The number of carboxylic acid groups (broad SMARTS) is 1. The highest BCUT2D eigenvalue weighted by molar-refractivity contribution is 5.82. The van der Waals surface area contributed by atoms with Crippen LogP contribution in [-0.4, -0.2) is 47.3 Å². The Bertz CT molecular complexity index is 958. The van der Waals surface area contributed by atoms with Crippen molar-refractivity contribution < 1.29 is 23.6 Å². The predicted octanol–water partition coefficient (Wildman–Crippen LogP) is 6.13. The number of halogens is 2. The molecule has 2 amide bonds. The minimum Gasteiger partial charge on any atom is -0.465 e. The van der Waals surface area contributed by atoms with Gasteiger partial charge in [0.05, 0.1) is 5.92 Å². The summed E-state index contributed by atoms with van der Waals surface area (Å²) >= 11 is 0. The highest BCUT2D eigenvalue weighted by Gasteiger charge is 2.25. The van der Waals surface area contributed by atoms with Crippen LogP contribution in [0.5, 0.6) is 0 Å². The summed E-state index contributed by atoms with van der Waals surface area (Å²) in [5.41, 5.74) is 5.07. The molecule has 2 atom stereocenters. The number of amides is 2. The predicted molar refractivity (Wildman–Crippen MR) is 126 cm³/mol. The number of aryl methyl sites for hydroxylation is 3. The zero-order valence-electron chi connectivity index (χ0n) is 20.1. The van der Waals surface area contributed by atoms with Crippen molar-refractivity contribution >= 4 is 12.0 Å². The number of likely N-dealkylation sites (N-methyl/N-ethyl adjacent to an activating group) is 1. The lowest BCUT2D eigenvalue weighted by atomic mass is 9.88. The van der Waals surface area contributed by atoms with E-state index < -0.39 is 12.0 Å². The number of carbonyl (C=O) groups excluding carboxylic acids is 1. The van der Waals surface area contributed by atoms with Gasteiger partial charge in [0.1, 0.15) is 5.82 Å². The van der Waals surface area contributed by atoms with Crippen molar-refractivity contribution in [2.75, 3.05) is 20.1 Å². The van der Waals surface area contributed by atoms with E-state index in [9.17, 15) is 18.5 Å². The van der Waals surface area contributed by atoms with Crippen LogP contribution in [0.4, 0.5) is 13.7 Å². The van der Waals surface area contributed by atoms with Crippen molar-refractivity contribution in [2.45, 2.75) is 58.8 Å². The molecule has 0 bridgehead atoms. The van der Waals surface area contributed by atoms with Crippen LogP contribution in [0.15, 0.2) is 36.4 Å². The molecular weight excluding hydrogens is 426 g/mol. The molecule has 1 saturated heterocycles. The molecule has 0 unspecified atom stereocenters. The molecule has 180 valence electrons. The zero-order valence-corrected chi connectivity index (χ0v) is 20.1. The fraction of sp³-hybridized carbons (Fsp3) is 0.462. The molecule has 33 heavy (non-hydrogen) atoms. The molecule has 0 radical (unpaired) electrons. The number of likely N-dealkylation sites (tertiary alicyclic amines) is 1. The fourth-order valence-corrected chi connectivity index (χ4v) is 4.48. The Labute approximate surface area is 195 Å². The molecule has 1 aliphatic rings. The summed E-state index contributed by atoms with van der Waals surface area (Å²) in [4.78, 5) is 24.0. The Morgan fingerprint density at radius 1 is 1.15 bits per heavy atom. The van der Waals surface area contributed by atoms with Crippen LogP contribution in [-0.2, 0) is 4.79 Å². The summed E-state index contributed by atoms with van der Waals surface area (Å²) in [6.45, 7) is 8.84. The van der Waals surface area contributed by atoms with Gasteiger partial charge in [-0.3, -0.25) is 4.79 Å². The van der Waals surface area contributed by atoms with Crippen molar-refractivity contribution in [3.8, 4) is 0 Å². The van der Waals surface area contributed by atoms with Crippen LogP contribution in [0, 0.1) is 26.6 Å². The van der Waals surface area contributed by atoms with Gasteiger partial charge in [-0.2, -0.15) is 5.12 Å². The minimum absolute atomic E-state index is 0.172. The largest absolute Gasteiger partial charge is 0.465 e. The van der Waals surface area contributed by atoms with Crippen molar-refractivity contribution in [1.82, 2.24) is 10.0 Å². The van der Waals surface area contributed by atoms with E-state index in [1.54, 1.807) is 6.07 Å². The minimum atomic E-state index is -0.866. The van der Waals surface area contributed by atoms with Crippen LogP contribution >= 0.6 is 0 Å². The van der Waals surface area contributed by atoms with Gasteiger partial charge in [0.15, 0.2) is 0 Å². The first kappa shape index (κ1) is 26.3. The molecule has 2 aromatic rings. The Hall–Kier alpha value is -2.96.